The van der Waals surface area contributed by atoms with E-state index in [1.807, 2.05) is 0 Å². The highest BCUT2D eigenvalue weighted by molar-refractivity contribution is 5.95. The van der Waals surface area contributed by atoms with Crippen molar-refractivity contribution >= 4 is 5.91 Å². The van der Waals surface area contributed by atoms with Crippen molar-refractivity contribution in [3.8, 4) is 5.75 Å². The number of hydrogen-bond donors (Lipinski definition) is 1. The van der Waals surface area contributed by atoms with E-state index in [0.717, 1.165) is 25.7 Å². The predicted octanol–water partition coefficient (Wildman–Crippen LogP) is 1.79. The van der Waals surface area contributed by atoms with Crippen LogP contribution >= 0.6 is 0 Å². The highest BCUT2D eigenvalue weighted by atomic mass is 19.1. The number of benzene rings is 1. The molecule has 1 saturated heterocycles. The fraction of sp³-hybridized carbons (Fsp3) is 0.500. The summed E-state index contributed by atoms with van der Waals surface area (Å²) >= 11 is 0. The molecule has 1 fully saturated rings. The van der Waals surface area contributed by atoms with E-state index in [4.69, 9.17) is 10.5 Å². The maximum Gasteiger partial charge on any atom is 0.252 e. The lowest BCUT2D eigenvalue weighted by Gasteiger charge is -2.26. The van der Waals surface area contributed by atoms with Crippen molar-refractivity contribution in [2.24, 2.45) is 5.73 Å². The molecule has 2 N–H and O–H groups in total. The maximum atomic E-state index is 13.0. The number of rotatable bonds is 5. The number of likely N-dealkylation sites (tertiary alicyclic amines) is 1. The zero-order valence-electron chi connectivity index (χ0n) is 10.9. The molecule has 1 aromatic rings. The summed E-state index contributed by atoms with van der Waals surface area (Å²) in [6.07, 6.45) is 3.74. The van der Waals surface area contributed by atoms with Crippen molar-refractivity contribution in [2.45, 2.75) is 19.3 Å². The van der Waals surface area contributed by atoms with Crippen LogP contribution in [0.2, 0.25) is 0 Å². The van der Waals surface area contributed by atoms with Gasteiger partial charge in [-0.05, 0) is 44.1 Å². The highest BCUT2D eigenvalue weighted by Gasteiger charge is 2.13. The van der Waals surface area contributed by atoms with Crippen LogP contribution in [0.25, 0.3) is 0 Å². The Labute approximate surface area is 112 Å². The second-order valence-corrected chi connectivity index (χ2v) is 4.76. The first-order valence-corrected chi connectivity index (χ1v) is 6.61. The van der Waals surface area contributed by atoms with E-state index in [2.05, 4.69) is 4.90 Å². The number of piperidine rings is 1. The third-order valence-electron chi connectivity index (χ3n) is 3.32. The van der Waals surface area contributed by atoms with Gasteiger partial charge in [-0.15, -0.1) is 0 Å². The van der Waals surface area contributed by atoms with Crippen LogP contribution in [-0.4, -0.2) is 37.0 Å². The number of ether oxygens (including phenoxy) is 1. The number of halogens is 1. The van der Waals surface area contributed by atoms with E-state index in [1.54, 1.807) is 0 Å². The quantitative estimate of drug-likeness (QED) is 0.884. The second kappa shape index (κ2) is 6.52. The Morgan fingerprint density at radius 3 is 2.74 bits per heavy atom. The van der Waals surface area contributed by atoms with Crippen molar-refractivity contribution in [1.82, 2.24) is 4.90 Å². The third-order valence-corrected chi connectivity index (χ3v) is 3.32. The lowest BCUT2D eigenvalue weighted by Crippen LogP contribution is -2.33. The first-order valence-electron chi connectivity index (χ1n) is 6.61. The molecule has 0 aliphatic carbocycles. The van der Waals surface area contributed by atoms with Gasteiger partial charge in [0, 0.05) is 6.54 Å². The maximum absolute atomic E-state index is 13.0. The van der Waals surface area contributed by atoms with Crippen molar-refractivity contribution < 1.29 is 13.9 Å². The summed E-state index contributed by atoms with van der Waals surface area (Å²) < 4.78 is 18.6. The molecule has 2 rings (SSSR count). The molecule has 0 radical (unpaired) electrons. The minimum Gasteiger partial charge on any atom is -0.491 e. The molecule has 5 heteroatoms. The fourth-order valence-corrected chi connectivity index (χ4v) is 2.29. The van der Waals surface area contributed by atoms with E-state index >= 15 is 0 Å². The fourth-order valence-electron chi connectivity index (χ4n) is 2.29. The smallest absolute Gasteiger partial charge is 0.252 e. The molecular weight excluding hydrogens is 247 g/mol. The van der Waals surface area contributed by atoms with Crippen LogP contribution in [0, 0.1) is 5.82 Å². The molecule has 1 aromatic carbocycles. The molecule has 4 nitrogen and oxygen atoms in total. The number of carbonyl (C=O) groups is 1. The summed E-state index contributed by atoms with van der Waals surface area (Å²) in [5, 5.41) is 0. The minimum absolute atomic E-state index is 0.0960. The predicted molar refractivity (Wildman–Crippen MR) is 70.7 cm³/mol. The van der Waals surface area contributed by atoms with Crippen LogP contribution in [0.15, 0.2) is 18.2 Å². The van der Waals surface area contributed by atoms with E-state index in [0.29, 0.717) is 12.4 Å². The highest BCUT2D eigenvalue weighted by Crippen LogP contribution is 2.19. The van der Waals surface area contributed by atoms with Gasteiger partial charge in [0.25, 0.3) is 5.91 Å². The largest absolute Gasteiger partial charge is 0.491 e. The number of primary amides is 1. The van der Waals surface area contributed by atoms with Gasteiger partial charge >= 0.3 is 0 Å². The summed E-state index contributed by atoms with van der Waals surface area (Å²) in [5.41, 5.74) is 5.30. The van der Waals surface area contributed by atoms with Gasteiger partial charge in [0.15, 0.2) is 0 Å². The first-order chi connectivity index (χ1) is 9.16. The van der Waals surface area contributed by atoms with E-state index in [9.17, 15) is 9.18 Å². The van der Waals surface area contributed by atoms with Gasteiger partial charge in [0.1, 0.15) is 18.2 Å². The number of nitrogens with two attached hydrogens (primary N) is 1. The monoisotopic (exact) mass is 266 g/mol. The van der Waals surface area contributed by atoms with Crippen LogP contribution in [-0.2, 0) is 0 Å². The topological polar surface area (TPSA) is 55.6 Å². The first kappa shape index (κ1) is 13.8. The minimum atomic E-state index is -0.674. The van der Waals surface area contributed by atoms with E-state index in [1.165, 1.54) is 31.4 Å². The standard InChI is InChI=1S/C14H19FN2O2/c15-11-4-5-13(12(10-11)14(16)18)19-9-8-17-6-2-1-3-7-17/h4-5,10H,1-3,6-9H2,(H2,16,18). The van der Waals surface area contributed by atoms with E-state index < -0.39 is 11.7 Å². The molecule has 0 bridgehead atoms. The molecule has 1 heterocycles. The molecule has 1 aliphatic rings. The van der Waals surface area contributed by atoms with Crippen LogP contribution in [0.5, 0.6) is 5.75 Å². The van der Waals surface area contributed by atoms with Gasteiger partial charge in [0.05, 0.1) is 5.56 Å². The average molecular weight is 266 g/mol. The number of nitrogens with zero attached hydrogens (tertiary/aromatic N) is 1. The zero-order valence-corrected chi connectivity index (χ0v) is 10.9. The van der Waals surface area contributed by atoms with Crippen molar-refractivity contribution in [2.75, 3.05) is 26.2 Å². The number of hydrogen-bond acceptors (Lipinski definition) is 3. The van der Waals surface area contributed by atoms with E-state index in [-0.39, 0.29) is 5.56 Å². The normalized spacial score (nSPS) is 16.3. The SMILES string of the molecule is NC(=O)c1cc(F)ccc1OCCN1CCCCC1. The second-order valence-electron chi connectivity index (χ2n) is 4.76. The lowest BCUT2D eigenvalue weighted by molar-refractivity contribution is 0.0994. The van der Waals surface area contributed by atoms with Gasteiger partial charge in [0.2, 0.25) is 0 Å². The summed E-state index contributed by atoms with van der Waals surface area (Å²) in [6.45, 7) is 3.48. The average Bonchev–Trinajstić information content (AvgIpc) is 2.41. The third kappa shape index (κ3) is 3.92. The summed E-state index contributed by atoms with van der Waals surface area (Å²) in [4.78, 5) is 13.5. The van der Waals surface area contributed by atoms with Crippen molar-refractivity contribution in [3.05, 3.63) is 29.6 Å². The lowest BCUT2D eigenvalue weighted by atomic mass is 10.1. The van der Waals surface area contributed by atoms with Crippen LogP contribution in [0.4, 0.5) is 4.39 Å². The number of carbonyl (C=O) groups excluding carboxylic acids is 1. The Bertz CT molecular complexity index is 445. The van der Waals surface area contributed by atoms with Crippen molar-refractivity contribution in [3.63, 3.8) is 0 Å². The van der Waals surface area contributed by atoms with Gasteiger partial charge in [-0.3, -0.25) is 9.69 Å². The summed E-state index contributed by atoms with van der Waals surface area (Å²) in [7, 11) is 0. The van der Waals surface area contributed by atoms with Crippen LogP contribution in [0.3, 0.4) is 0 Å². The molecule has 0 spiro atoms. The molecule has 1 amide bonds. The molecule has 0 aromatic heterocycles. The zero-order chi connectivity index (χ0) is 13.7. The summed E-state index contributed by atoms with van der Waals surface area (Å²) in [6, 6.07) is 3.83. The molecule has 19 heavy (non-hydrogen) atoms. The Hall–Kier alpha value is -1.62. The molecule has 0 unspecified atom stereocenters. The molecule has 104 valence electrons. The Kier molecular flexibility index (Phi) is 4.74. The Morgan fingerprint density at radius 1 is 1.32 bits per heavy atom. The molecule has 1 aliphatic heterocycles. The van der Waals surface area contributed by atoms with Crippen LogP contribution in [0.1, 0.15) is 29.6 Å². The molecular formula is C14H19FN2O2. The summed E-state index contributed by atoms with van der Waals surface area (Å²) in [5.74, 6) is -0.810. The Balaban J connectivity index is 1.89. The Morgan fingerprint density at radius 2 is 2.05 bits per heavy atom. The molecule has 0 atom stereocenters. The number of amides is 1. The van der Waals surface area contributed by atoms with Crippen molar-refractivity contribution in [1.29, 1.82) is 0 Å². The van der Waals surface area contributed by atoms with Gasteiger partial charge in [-0.25, -0.2) is 4.39 Å². The van der Waals surface area contributed by atoms with Gasteiger partial charge in [-0.2, -0.15) is 0 Å². The molecule has 0 saturated carbocycles. The van der Waals surface area contributed by atoms with Gasteiger partial charge < -0.3 is 10.5 Å². The van der Waals surface area contributed by atoms with Crippen LogP contribution < -0.4 is 10.5 Å². The van der Waals surface area contributed by atoms with Gasteiger partial charge in [-0.1, -0.05) is 6.42 Å².